The third-order valence-electron chi connectivity index (χ3n) is 2.15. The van der Waals surface area contributed by atoms with E-state index in [1.54, 1.807) is 24.3 Å². The van der Waals surface area contributed by atoms with Gasteiger partial charge in [-0.05, 0) is 24.6 Å². The number of halogens is 1. The predicted octanol–water partition coefficient (Wildman–Crippen LogP) is 2.41. The number of ether oxygens (including phenoxy) is 1. The molecule has 0 fully saturated rings. The van der Waals surface area contributed by atoms with E-state index in [0.29, 0.717) is 23.7 Å². The summed E-state index contributed by atoms with van der Waals surface area (Å²) in [5.74, 6) is -0.285. The Morgan fingerprint density at radius 3 is 2.83 bits per heavy atom. The van der Waals surface area contributed by atoms with Crippen LogP contribution >= 0.6 is 11.6 Å². The Morgan fingerprint density at radius 2 is 2.17 bits per heavy atom. The van der Waals surface area contributed by atoms with Crippen LogP contribution in [0.15, 0.2) is 24.3 Å². The number of benzene rings is 1. The maximum absolute atomic E-state index is 11.5. The van der Waals surface area contributed by atoms with Crippen molar-refractivity contribution >= 4 is 29.3 Å². The minimum atomic E-state index is -0.331. The van der Waals surface area contributed by atoms with Gasteiger partial charge in [0.25, 0.3) is 0 Å². The van der Waals surface area contributed by atoms with Crippen LogP contribution in [0.25, 0.3) is 0 Å². The zero-order chi connectivity index (χ0) is 13.4. The number of hydrogen-bond donors (Lipinski definition) is 2. The largest absolute Gasteiger partial charge is 0.469 e. The molecule has 0 spiro atoms. The van der Waals surface area contributed by atoms with Crippen molar-refractivity contribution in [2.24, 2.45) is 0 Å². The molecule has 5 nitrogen and oxygen atoms in total. The molecule has 0 aliphatic carbocycles. The van der Waals surface area contributed by atoms with Crippen molar-refractivity contribution in [3.8, 4) is 0 Å². The number of amides is 2. The molecule has 6 heteroatoms. The van der Waals surface area contributed by atoms with Gasteiger partial charge in [-0.3, -0.25) is 4.79 Å². The Balaban J connectivity index is 2.24. The van der Waals surface area contributed by atoms with Crippen LogP contribution in [-0.4, -0.2) is 25.7 Å². The highest BCUT2D eigenvalue weighted by molar-refractivity contribution is 6.30. The molecule has 0 saturated heterocycles. The van der Waals surface area contributed by atoms with Crippen LogP contribution < -0.4 is 10.6 Å². The molecule has 2 N–H and O–H groups in total. The van der Waals surface area contributed by atoms with Crippen molar-refractivity contribution < 1.29 is 14.3 Å². The number of rotatable bonds is 5. The van der Waals surface area contributed by atoms with Crippen molar-refractivity contribution in [1.29, 1.82) is 0 Å². The molecule has 0 aliphatic rings. The van der Waals surface area contributed by atoms with Gasteiger partial charge in [0.15, 0.2) is 0 Å². The van der Waals surface area contributed by atoms with Gasteiger partial charge in [0.2, 0.25) is 0 Å². The van der Waals surface area contributed by atoms with Gasteiger partial charge in [0.05, 0.1) is 7.11 Å². The molecule has 1 aromatic carbocycles. The predicted molar refractivity (Wildman–Crippen MR) is 69.7 cm³/mol. The molecule has 0 atom stereocenters. The van der Waals surface area contributed by atoms with Gasteiger partial charge in [0, 0.05) is 23.7 Å². The third kappa shape index (κ3) is 5.54. The van der Waals surface area contributed by atoms with E-state index < -0.39 is 0 Å². The highest BCUT2D eigenvalue weighted by Crippen LogP contribution is 2.14. The van der Waals surface area contributed by atoms with Crippen LogP contribution in [0.5, 0.6) is 0 Å². The first-order valence-electron chi connectivity index (χ1n) is 5.49. The van der Waals surface area contributed by atoms with E-state index in [1.165, 1.54) is 7.11 Å². The molecule has 98 valence electrons. The van der Waals surface area contributed by atoms with Gasteiger partial charge in [-0.1, -0.05) is 17.7 Å². The first-order chi connectivity index (χ1) is 8.61. The number of urea groups is 1. The van der Waals surface area contributed by atoms with Gasteiger partial charge >= 0.3 is 12.0 Å². The van der Waals surface area contributed by atoms with E-state index in [9.17, 15) is 9.59 Å². The van der Waals surface area contributed by atoms with Crippen LogP contribution in [0, 0.1) is 0 Å². The Kier molecular flexibility index (Phi) is 6.00. The molecule has 1 aromatic rings. The summed E-state index contributed by atoms with van der Waals surface area (Å²) >= 11 is 5.78. The molecule has 0 radical (unpaired) electrons. The van der Waals surface area contributed by atoms with Crippen molar-refractivity contribution in [2.75, 3.05) is 19.0 Å². The first-order valence-corrected chi connectivity index (χ1v) is 5.87. The van der Waals surface area contributed by atoms with Crippen LogP contribution in [0.3, 0.4) is 0 Å². The first kappa shape index (κ1) is 14.3. The average molecular weight is 271 g/mol. The number of hydrogen-bond acceptors (Lipinski definition) is 3. The summed E-state index contributed by atoms with van der Waals surface area (Å²) in [5.41, 5.74) is 0.618. The number of anilines is 1. The zero-order valence-electron chi connectivity index (χ0n) is 10.0. The highest BCUT2D eigenvalue weighted by Gasteiger charge is 2.03. The normalized spacial score (nSPS) is 9.67. The second-order valence-corrected chi connectivity index (χ2v) is 4.01. The molecule has 18 heavy (non-hydrogen) atoms. The lowest BCUT2D eigenvalue weighted by atomic mass is 10.3. The summed E-state index contributed by atoms with van der Waals surface area (Å²) in [6.07, 6.45) is 0.823. The number of esters is 1. The fourth-order valence-electron chi connectivity index (χ4n) is 1.28. The number of carbonyl (C=O) groups is 2. The summed E-state index contributed by atoms with van der Waals surface area (Å²) in [4.78, 5) is 22.3. The average Bonchev–Trinajstić information content (AvgIpc) is 2.34. The van der Waals surface area contributed by atoms with E-state index >= 15 is 0 Å². The Bertz CT molecular complexity index is 424. The van der Waals surface area contributed by atoms with Crippen molar-refractivity contribution in [1.82, 2.24) is 5.32 Å². The van der Waals surface area contributed by atoms with Gasteiger partial charge in [-0.25, -0.2) is 4.79 Å². The summed E-state index contributed by atoms with van der Waals surface area (Å²) in [5, 5.41) is 5.82. The lowest BCUT2D eigenvalue weighted by molar-refractivity contribution is -0.140. The molecule has 0 aromatic heterocycles. The Hall–Kier alpha value is -1.75. The molecular formula is C12H15ClN2O3. The standard InChI is InChI=1S/C12H15ClN2O3/c1-18-11(16)6-3-7-14-12(17)15-10-5-2-4-9(13)8-10/h2,4-5,8H,3,6-7H2,1H3,(H2,14,15,17). The maximum atomic E-state index is 11.5. The van der Waals surface area contributed by atoms with Crippen molar-refractivity contribution in [2.45, 2.75) is 12.8 Å². The zero-order valence-corrected chi connectivity index (χ0v) is 10.8. The molecule has 0 bridgehead atoms. The summed E-state index contributed by atoms with van der Waals surface area (Å²) in [6, 6.07) is 6.52. The number of methoxy groups -OCH3 is 1. The van der Waals surface area contributed by atoms with E-state index in [4.69, 9.17) is 11.6 Å². The van der Waals surface area contributed by atoms with Crippen LogP contribution in [-0.2, 0) is 9.53 Å². The van der Waals surface area contributed by atoms with Gasteiger partial charge < -0.3 is 15.4 Å². The van der Waals surface area contributed by atoms with Crippen molar-refractivity contribution in [3.63, 3.8) is 0 Å². The lowest BCUT2D eigenvalue weighted by Crippen LogP contribution is -2.29. The van der Waals surface area contributed by atoms with Crippen molar-refractivity contribution in [3.05, 3.63) is 29.3 Å². The molecule has 0 saturated carbocycles. The van der Waals surface area contributed by atoms with E-state index in [1.807, 2.05) is 0 Å². The molecule has 2 amide bonds. The second-order valence-electron chi connectivity index (χ2n) is 3.57. The van der Waals surface area contributed by atoms with Crippen LogP contribution in [0.1, 0.15) is 12.8 Å². The van der Waals surface area contributed by atoms with Crippen LogP contribution in [0.4, 0.5) is 10.5 Å². The number of nitrogens with one attached hydrogen (secondary N) is 2. The molecule has 1 rings (SSSR count). The summed E-state index contributed by atoms with van der Waals surface area (Å²) in [7, 11) is 1.33. The summed E-state index contributed by atoms with van der Waals surface area (Å²) < 4.78 is 4.48. The minimum absolute atomic E-state index is 0.285. The third-order valence-corrected chi connectivity index (χ3v) is 2.39. The molecule has 0 heterocycles. The second kappa shape index (κ2) is 7.55. The molecule has 0 unspecified atom stereocenters. The van der Waals surface area contributed by atoms with Gasteiger partial charge in [0.1, 0.15) is 0 Å². The topological polar surface area (TPSA) is 67.4 Å². The quantitative estimate of drug-likeness (QED) is 0.638. The Morgan fingerprint density at radius 1 is 1.39 bits per heavy atom. The SMILES string of the molecule is COC(=O)CCCNC(=O)Nc1cccc(Cl)c1. The van der Waals surface area contributed by atoms with Crippen LogP contribution in [0.2, 0.25) is 5.02 Å². The monoisotopic (exact) mass is 270 g/mol. The minimum Gasteiger partial charge on any atom is -0.469 e. The van der Waals surface area contributed by atoms with E-state index in [2.05, 4.69) is 15.4 Å². The molecular weight excluding hydrogens is 256 g/mol. The fraction of sp³-hybridized carbons (Fsp3) is 0.333. The Labute approximate surface area is 110 Å². The molecule has 0 aliphatic heterocycles. The smallest absolute Gasteiger partial charge is 0.319 e. The maximum Gasteiger partial charge on any atom is 0.319 e. The van der Waals surface area contributed by atoms with E-state index in [0.717, 1.165) is 0 Å². The highest BCUT2D eigenvalue weighted by atomic mass is 35.5. The lowest BCUT2D eigenvalue weighted by Gasteiger charge is -2.07. The van der Waals surface area contributed by atoms with Gasteiger partial charge in [-0.2, -0.15) is 0 Å². The van der Waals surface area contributed by atoms with E-state index in [-0.39, 0.29) is 18.4 Å². The number of carbonyl (C=O) groups excluding carboxylic acids is 2. The summed E-state index contributed by atoms with van der Waals surface area (Å²) in [6.45, 7) is 0.404. The van der Waals surface area contributed by atoms with Gasteiger partial charge in [-0.15, -0.1) is 0 Å². The fourth-order valence-corrected chi connectivity index (χ4v) is 1.47.